The van der Waals surface area contributed by atoms with Crippen LogP contribution in [0.5, 0.6) is 0 Å². The largest absolute Gasteiger partial charge is 0.273 e. The molecule has 0 saturated heterocycles. The third kappa shape index (κ3) is 3.19. The highest BCUT2D eigenvalue weighted by molar-refractivity contribution is 6.01. The zero-order valence-corrected chi connectivity index (χ0v) is 14.8. The monoisotopic (exact) mass is 371 g/mol. The molecular weight excluding hydrogens is 357 g/mol. The van der Waals surface area contributed by atoms with E-state index in [0.29, 0.717) is 28.2 Å². The topological polar surface area (TPSA) is 83.6 Å². The number of nitriles is 1. The molecule has 0 unspecified atom stereocenters. The predicted molar refractivity (Wildman–Crippen MR) is 103 cm³/mol. The van der Waals surface area contributed by atoms with Crippen molar-refractivity contribution in [3.63, 3.8) is 0 Å². The highest BCUT2D eigenvalue weighted by Gasteiger charge is 2.14. The summed E-state index contributed by atoms with van der Waals surface area (Å²) in [5.74, 6) is -0.395. The molecular formula is C21H14FN5O. The second-order valence-electron chi connectivity index (χ2n) is 6.22. The number of aryl methyl sites for hydroxylation is 1. The van der Waals surface area contributed by atoms with Crippen molar-refractivity contribution < 1.29 is 9.18 Å². The van der Waals surface area contributed by atoms with Gasteiger partial charge < -0.3 is 0 Å². The summed E-state index contributed by atoms with van der Waals surface area (Å²) in [5.41, 5.74) is 5.44. The molecule has 6 nitrogen and oxygen atoms in total. The Hall–Kier alpha value is -4.05. The van der Waals surface area contributed by atoms with Crippen molar-refractivity contribution in [2.45, 2.75) is 6.92 Å². The minimum atomic E-state index is -0.375. The maximum atomic E-state index is 13.4. The Balaban J connectivity index is 1.61. The number of halogens is 1. The molecule has 0 spiro atoms. The molecule has 0 saturated carbocycles. The van der Waals surface area contributed by atoms with Gasteiger partial charge in [-0.05, 0) is 43.3 Å². The lowest BCUT2D eigenvalue weighted by atomic mass is 10.2. The number of carbonyl (C=O) groups is 1. The zero-order valence-electron chi connectivity index (χ0n) is 14.8. The number of amides is 1. The van der Waals surface area contributed by atoms with Crippen molar-refractivity contribution >= 4 is 16.8 Å². The SMILES string of the molecule is Cc1nc(-c2cccc(F)c2)ncc1C(=O)Nn1ccc2cc(C#N)ccc21. The molecule has 0 fully saturated rings. The summed E-state index contributed by atoms with van der Waals surface area (Å²) < 4.78 is 15.0. The van der Waals surface area contributed by atoms with Gasteiger partial charge in [0.15, 0.2) is 5.82 Å². The number of hydrogen-bond acceptors (Lipinski definition) is 4. The van der Waals surface area contributed by atoms with Gasteiger partial charge in [-0.3, -0.25) is 14.9 Å². The second kappa shape index (κ2) is 6.93. The number of aromatic nitrogens is 3. The average molecular weight is 371 g/mol. The van der Waals surface area contributed by atoms with Crippen molar-refractivity contribution in [3.8, 4) is 17.5 Å². The first-order valence-electron chi connectivity index (χ1n) is 8.47. The van der Waals surface area contributed by atoms with E-state index in [1.807, 2.05) is 6.07 Å². The highest BCUT2D eigenvalue weighted by Crippen LogP contribution is 2.19. The van der Waals surface area contributed by atoms with Gasteiger partial charge in [0.25, 0.3) is 5.91 Å². The number of rotatable bonds is 3. The van der Waals surface area contributed by atoms with Crippen molar-refractivity contribution in [2.75, 3.05) is 5.43 Å². The third-order valence-corrected chi connectivity index (χ3v) is 4.35. The first-order chi connectivity index (χ1) is 13.5. The molecule has 28 heavy (non-hydrogen) atoms. The molecule has 0 bridgehead atoms. The van der Waals surface area contributed by atoms with Gasteiger partial charge in [0.05, 0.1) is 28.4 Å². The Morgan fingerprint density at radius 3 is 2.82 bits per heavy atom. The normalized spacial score (nSPS) is 10.6. The molecule has 4 rings (SSSR count). The number of nitrogens with zero attached hydrogens (tertiary/aromatic N) is 4. The Bertz CT molecular complexity index is 1260. The van der Waals surface area contributed by atoms with Crippen molar-refractivity contribution in [3.05, 3.63) is 83.6 Å². The van der Waals surface area contributed by atoms with E-state index >= 15 is 0 Å². The van der Waals surface area contributed by atoms with Gasteiger partial charge in [-0.1, -0.05) is 12.1 Å². The molecule has 2 aromatic heterocycles. The molecule has 7 heteroatoms. The number of fused-ring (bicyclic) bond motifs is 1. The second-order valence-corrected chi connectivity index (χ2v) is 6.22. The van der Waals surface area contributed by atoms with Gasteiger partial charge in [-0.25, -0.2) is 14.4 Å². The van der Waals surface area contributed by atoms with Gasteiger partial charge >= 0.3 is 0 Å². The van der Waals surface area contributed by atoms with Crippen molar-refractivity contribution in [2.24, 2.45) is 0 Å². The maximum absolute atomic E-state index is 13.4. The van der Waals surface area contributed by atoms with E-state index in [-0.39, 0.29) is 11.7 Å². The number of benzene rings is 2. The van der Waals surface area contributed by atoms with Crippen LogP contribution in [0.4, 0.5) is 4.39 Å². The minimum absolute atomic E-state index is 0.315. The Kier molecular flexibility index (Phi) is 4.30. The van der Waals surface area contributed by atoms with Crippen LogP contribution in [-0.2, 0) is 0 Å². The smallest absolute Gasteiger partial charge is 0.267 e. The Labute approximate surface area is 159 Å². The molecule has 4 aromatic rings. The van der Waals surface area contributed by atoms with Crippen LogP contribution in [0, 0.1) is 24.1 Å². The van der Waals surface area contributed by atoms with Crippen LogP contribution in [0.3, 0.4) is 0 Å². The summed E-state index contributed by atoms with van der Waals surface area (Å²) in [7, 11) is 0. The summed E-state index contributed by atoms with van der Waals surface area (Å²) in [6, 6.07) is 15.1. The zero-order chi connectivity index (χ0) is 19.7. The molecule has 0 aliphatic heterocycles. The standard InChI is InChI=1S/C21H14FN5O/c1-13-18(12-24-20(25-13)16-3-2-4-17(22)10-16)21(28)26-27-8-7-15-9-14(11-23)5-6-19(15)27/h2-10,12H,1H3,(H,26,28). The van der Waals surface area contributed by atoms with Gasteiger partial charge in [0.1, 0.15) is 5.82 Å². The third-order valence-electron chi connectivity index (χ3n) is 4.35. The fourth-order valence-electron chi connectivity index (χ4n) is 2.94. The lowest BCUT2D eigenvalue weighted by Gasteiger charge is -2.10. The summed E-state index contributed by atoms with van der Waals surface area (Å²) in [4.78, 5) is 21.2. The van der Waals surface area contributed by atoms with Gasteiger partial charge in [0, 0.05) is 23.3 Å². The lowest BCUT2D eigenvalue weighted by Crippen LogP contribution is -2.23. The van der Waals surface area contributed by atoms with Crippen molar-refractivity contribution in [1.29, 1.82) is 5.26 Å². The van der Waals surface area contributed by atoms with E-state index in [1.54, 1.807) is 48.1 Å². The van der Waals surface area contributed by atoms with Gasteiger partial charge in [-0.2, -0.15) is 5.26 Å². The van der Waals surface area contributed by atoms with E-state index in [0.717, 1.165) is 10.9 Å². The maximum Gasteiger partial charge on any atom is 0.273 e. The fraction of sp³-hybridized carbons (Fsp3) is 0.0476. The Morgan fingerprint density at radius 1 is 1.21 bits per heavy atom. The molecule has 1 amide bonds. The lowest BCUT2D eigenvalue weighted by molar-refractivity contribution is 0.101. The van der Waals surface area contributed by atoms with Crippen LogP contribution in [0.1, 0.15) is 21.6 Å². The fourth-order valence-corrected chi connectivity index (χ4v) is 2.94. The summed E-state index contributed by atoms with van der Waals surface area (Å²) in [6.07, 6.45) is 3.14. The predicted octanol–water partition coefficient (Wildman–Crippen LogP) is 3.80. The van der Waals surface area contributed by atoms with E-state index in [1.165, 1.54) is 18.3 Å². The number of nitrogens with one attached hydrogen (secondary N) is 1. The van der Waals surface area contributed by atoms with E-state index in [9.17, 15) is 9.18 Å². The average Bonchev–Trinajstić information content (AvgIpc) is 3.09. The molecule has 1 N–H and O–H groups in total. The van der Waals surface area contributed by atoms with Crippen LogP contribution >= 0.6 is 0 Å². The molecule has 136 valence electrons. The first kappa shape index (κ1) is 17.4. The summed E-state index contributed by atoms with van der Waals surface area (Å²) in [6.45, 7) is 1.70. The van der Waals surface area contributed by atoms with Crippen molar-refractivity contribution in [1.82, 2.24) is 14.6 Å². The van der Waals surface area contributed by atoms with E-state index in [4.69, 9.17) is 5.26 Å². The van der Waals surface area contributed by atoms with Crippen LogP contribution in [0.2, 0.25) is 0 Å². The molecule has 0 aliphatic rings. The molecule has 2 aromatic carbocycles. The molecule has 0 atom stereocenters. The van der Waals surface area contributed by atoms with Crippen LogP contribution in [-0.4, -0.2) is 20.6 Å². The molecule has 2 heterocycles. The van der Waals surface area contributed by atoms with E-state index in [2.05, 4.69) is 21.5 Å². The summed E-state index contributed by atoms with van der Waals surface area (Å²) >= 11 is 0. The minimum Gasteiger partial charge on any atom is -0.267 e. The van der Waals surface area contributed by atoms with E-state index < -0.39 is 0 Å². The van der Waals surface area contributed by atoms with Gasteiger partial charge in [-0.15, -0.1) is 0 Å². The molecule has 0 aliphatic carbocycles. The van der Waals surface area contributed by atoms with Crippen LogP contribution in [0.25, 0.3) is 22.3 Å². The number of carbonyl (C=O) groups excluding carboxylic acids is 1. The first-order valence-corrected chi connectivity index (χ1v) is 8.47. The molecule has 0 radical (unpaired) electrons. The summed E-state index contributed by atoms with van der Waals surface area (Å²) in [5, 5.41) is 9.83. The van der Waals surface area contributed by atoms with Crippen LogP contribution in [0.15, 0.2) is 60.9 Å². The highest BCUT2D eigenvalue weighted by atomic mass is 19.1. The van der Waals surface area contributed by atoms with Crippen LogP contribution < -0.4 is 5.43 Å². The van der Waals surface area contributed by atoms with Gasteiger partial charge in [0.2, 0.25) is 0 Å². The number of hydrogen-bond donors (Lipinski definition) is 1. The quantitative estimate of drug-likeness (QED) is 0.594. The Morgan fingerprint density at radius 2 is 2.07 bits per heavy atom.